The molecule has 0 unspecified atom stereocenters. The second-order valence-electron chi connectivity index (χ2n) is 7.84. The molecule has 1 amide bonds. The van der Waals surface area contributed by atoms with Crippen LogP contribution in [0.1, 0.15) is 24.8 Å². The maximum Gasteiger partial charge on any atom is 0.243 e. The molecule has 1 fully saturated rings. The number of hydrogen-bond acceptors (Lipinski definition) is 6. The summed E-state index contributed by atoms with van der Waals surface area (Å²) in [5, 5.41) is 2.91. The Morgan fingerprint density at radius 1 is 1.00 bits per heavy atom. The van der Waals surface area contributed by atoms with Crippen molar-refractivity contribution in [3.8, 4) is 0 Å². The van der Waals surface area contributed by atoms with Crippen molar-refractivity contribution in [1.82, 2.24) is 14.3 Å². The van der Waals surface area contributed by atoms with Gasteiger partial charge in [-0.15, -0.1) is 0 Å². The average molecular weight is 466 g/mol. The quantitative estimate of drug-likeness (QED) is 0.576. The Morgan fingerprint density at radius 3 is 2.30 bits per heavy atom. The van der Waals surface area contributed by atoms with E-state index in [0.717, 1.165) is 11.4 Å². The molecular formula is C24H27N5O3S. The number of amides is 1. The monoisotopic (exact) mass is 465 g/mol. The summed E-state index contributed by atoms with van der Waals surface area (Å²) in [6.45, 7) is 3.80. The second kappa shape index (κ2) is 10.1. The van der Waals surface area contributed by atoms with Crippen LogP contribution in [0.15, 0.2) is 78.1 Å². The first-order valence-electron chi connectivity index (χ1n) is 11.0. The topological polar surface area (TPSA) is 95.5 Å². The highest BCUT2D eigenvalue weighted by atomic mass is 32.2. The molecule has 33 heavy (non-hydrogen) atoms. The number of sulfonamides is 1. The first-order valence-corrected chi connectivity index (χ1v) is 12.4. The molecule has 9 heteroatoms. The van der Waals surface area contributed by atoms with E-state index in [-0.39, 0.29) is 16.7 Å². The zero-order valence-electron chi connectivity index (χ0n) is 18.5. The molecule has 2 heterocycles. The Hall–Kier alpha value is -3.30. The molecule has 1 aromatic heterocycles. The fourth-order valence-electron chi connectivity index (χ4n) is 3.96. The Morgan fingerprint density at radius 2 is 1.70 bits per heavy atom. The maximum absolute atomic E-state index is 13.1. The number of nitrogens with one attached hydrogen (secondary N) is 1. The third kappa shape index (κ3) is 5.20. The number of nitrogens with zero attached hydrogens (tertiary/aromatic N) is 4. The Labute approximate surface area is 194 Å². The number of aromatic nitrogens is 2. The SMILES string of the molecule is CC[C@@H](C(=O)Nc1ccc(S(=O)(=O)N2CCN(c3cnccn3)CC2)cc1)c1ccccc1. The minimum atomic E-state index is -3.62. The molecule has 0 radical (unpaired) electrons. The van der Waals surface area contributed by atoms with Crippen molar-refractivity contribution < 1.29 is 13.2 Å². The summed E-state index contributed by atoms with van der Waals surface area (Å²) < 4.78 is 27.7. The van der Waals surface area contributed by atoms with Gasteiger partial charge < -0.3 is 10.2 Å². The minimum Gasteiger partial charge on any atom is -0.353 e. The third-order valence-electron chi connectivity index (χ3n) is 5.80. The van der Waals surface area contributed by atoms with E-state index in [9.17, 15) is 13.2 Å². The lowest BCUT2D eigenvalue weighted by Crippen LogP contribution is -2.48. The summed E-state index contributed by atoms with van der Waals surface area (Å²) in [6.07, 6.45) is 5.59. The zero-order valence-corrected chi connectivity index (χ0v) is 19.3. The normalized spacial score (nSPS) is 15.7. The van der Waals surface area contributed by atoms with Crippen LogP contribution in [0.2, 0.25) is 0 Å². The Kier molecular flexibility index (Phi) is 7.00. The molecular weight excluding hydrogens is 438 g/mol. The van der Waals surface area contributed by atoms with Gasteiger partial charge in [0.25, 0.3) is 0 Å². The zero-order chi connectivity index (χ0) is 23.3. The van der Waals surface area contributed by atoms with Gasteiger partial charge in [-0.3, -0.25) is 9.78 Å². The van der Waals surface area contributed by atoms with Crippen LogP contribution >= 0.6 is 0 Å². The second-order valence-corrected chi connectivity index (χ2v) is 9.78. The molecule has 172 valence electrons. The number of anilines is 2. The van der Waals surface area contributed by atoms with Crippen molar-refractivity contribution in [1.29, 1.82) is 0 Å². The van der Waals surface area contributed by atoms with Crippen LogP contribution in [-0.4, -0.2) is 54.8 Å². The molecule has 1 aliphatic rings. The number of hydrogen-bond donors (Lipinski definition) is 1. The summed E-state index contributed by atoms with van der Waals surface area (Å²) in [5.74, 6) is 0.371. The summed E-state index contributed by atoms with van der Waals surface area (Å²) in [4.78, 5) is 23.4. The number of carbonyl (C=O) groups excluding carboxylic acids is 1. The number of piperazine rings is 1. The molecule has 0 aliphatic carbocycles. The van der Waals surface area contributed by atoms with Crippen LogP contribution in [0.5, 0.6) is 0 Å². The predicted molar refractivity (Wildman–Crippen MR) is 128 cm³/mol. The van der Waals surface area contributed by atoms with Gasteiger partial charge in [0.2, 0.25) is 15.9 Å². The van der Waals surface area contributed by atoms with Crippen molar-refractivity contribution in [2.24, 2.45) is 0 Å². The van der Waals surface area contributed by atoms with Crippen LogP contribution in [0.3, 0.4) is 0 Å². The van der Waals surface area contributed by atoms with E-state index in [1.54, 1.807) is 42.9 Å². The van der Waals surface area contributed by atoms with Gasteiger partial charge in [0.05, 0.1) is 17.0 Å². The molecule has 1 atom stereocenters. The summed E-state index contributed by atoms with van der Waals surface area (Å²) in [5.41, 5.74) is 1.53. The lowest BCUT2D eigenvalue weighted by atomic mass is 9.95. The van der Waals surface area contributed by atoms with Crippen LogP contribution < -0.4 is 10.2 Å². The smallest absolute Gasteiger partial charge is 0.243 e. The first-order chi connectivity index (χ1) is 16.0. The molecule has 1 aliphatic heterocycles. The van der Waals surface area contributed by atoms with Crippen molar-refractivity contribution in [3.05, 3.63) is 78.8 Å². The fourth-order valence-corrected chi connectivity index (χ4v) is 5.38. The molecule has 2 aromatic carbocycles. The van der Waals surface area contributed by atoms with E-state index in [1.807, 2.05) is 42.2 Å². The standard InChI is InChI=1S/C24H27N5O3S/c1-2-22(19-6-4-3-5-7-19)24(30)27-20-8-10-21(11-9-20)33(31,32)29-16-14-28(15-17-29)23-18-25-12-13-26-23/h3-13,18,22H,2,14-17H2,1H3,(H,27,30)/t22-/m1/s1. The van der Waals surface area contributed by atoms with Gasteiger partial charge in [-0.05, 0) is 36.2 Å². The van der Waals surface area contributed by atoms with Crippen molar-refractivity contribution in [2.75, 3.05) is 36.4 Å². The largest absolute Gasteiger partial charge is 0.353 e. The maximum atomic E-state index is 13.1. The molecule has 4 rings (SSSR count). The van der Waals surface area contributed by atoms with Crippen molar-refractivity contribution in [2.45, 2.75) is 24.2 Å². The fraction of sp³-hybridized carbons (Fsp3) is 0.292. The van der Waals surface area contributed by atoms with Crippen molar-refractivity contribution >= 4 is 27.4 Å². The number of carbonyl (C=O) groups is 1. The van der Waals surface area contributed by atoms with Gasteiger partial charge >= 0.3 is 0 Å². The van der Waals surface area contributed by atoms with Crippen molar-refractivity contribution in [3.63, 3.8) is 0 Å². The molecule has 1 saturated heterocycles. The molecule has 0 bridgehead atoms. The summed E-state index contributed by atoms with van der Waals surface area (Å²) in [7, 11) is -3.62. The molecule has 0 spiro atoms. The van der Waals surface area contributed by atoms with Gasteiger partial charge in [0.15, 0.2) is 0 Å². The molecule has 8 nitrogen and oxygen atoms in total. The highest BCUT2D eigenvalue weighted by Crippen LogP contribution is 2.24. The number of benzene rings is 2. The molecule has 1 N–H and O–H groups in total. The van der Waals surface area contributed by atoms with Crippen LogP contribution in [0.4, 0.5) is 11.5 Å². The summed E-state index contributed by atoms with van der Waals surface area (Å²) >= 11 is 0. The lowest BCUT2D eigenvalue weighted by Gasteiger charge is -2.34. The minimum absolute atomic E-state index is 0.112. The average Bonchev–Trinajstić information content (AvgIpc) is 2.86. The van der Waals surface area contributed by atoms with Gasteiger partial charge in [0, 0.05) is 44.3 Å². The van der Waals surface area contributed by atoms with E-state index in [4.69, 9.17) is 0 Å². The number of rotatable bonds is 7. The molecule has 0 saturated carbocycles. The summed E-state index contributed by atoms with van der Waals surface area (Å²) in [6, 6.07) is 16.0. The van der Waals surface area contributed by atoms with E-state index >= 15 is 0 Å². The third-order valence-corrected chi connectivity index (χ3v) is 7.71. The van der Waals surface area contributed by atoms with Gasteiger partial charge in [-0.2, -0.15) is 4.31 Å². The van der Waals surface area contributed by atoms with Gasteiger partial charge in [-0.1, -0.05) is 37.3 Å². The van der Waals surface area contributed by atoms with Crippen LogP contribution in [-0.2, 0) is 14.8 Å². The highest BCUT2D eigenvalue weighted by Gasteiger charge is 2.29. The van der Waals surface area contributed by atoms with Gasteiger partial charge in [0.1, 0.15) is 5.82 Å². The molecule has 3 aromatic rings. The van der Waals surface area contributed by atoms with E-state index in [2.05, 4.69) is 15.3 Å². The first kappa shape index (κ1) is 22.9. The van der Waals surface area contributed by atoms with E-state index in [1.165, 1.54) is 4.31 Å². The highest BCUT2D eigenvalue weighted by molar-refractivity contribution is 7.89. The van der Waals surface area contributed by atoms with E-state index < -0.39 is 10.0 Å². The lowest BCUT2D eigenvalue weighted by molar-refractivity contribution is -0.117. The Balaban J connectivity index is 1.39. The Bertz CT molecular complexity index is 1160. The van der Waals surface area contributed by atoms with Crippen LogP contribution in [0.25, 0.3) is 0 Å². The van der Waals surface area contributed by atoms with Gasteiger partial charge in [-0.25, -0.2) is 13.4 Å². The predicted octanol–water partition coefficient (Wildman–Crippen LogP) is 3.12. The van der Waals surface area contributed by atoms with E-state index in [0.29, 0.717) is 38.3 Å². The van der Waals surface area contributed by atoms with Crippen LogP contribution in [0, 0.1) is 0 Å².